The summed E-state index contributed by atoms with van der Waals surface area (Å²) in [5, 5.41) is 17.4. The standard InChI is InChI=1S/C11H15N5O/c17-9-4-2-1-3-8(9)15-11-6-12-5-10-13-7-14-16(10)11/h5-9,15,17H,1-4H2/t8-,9+/m1/s1. The van der Waals surface area contributed by atoms with E-state index in [0.29, 0.717) is 5.65 Å². The Morgan fingerprint density at radius 2 is 2.18 bits per heavy atom. The van der Waals surface area contributed by atoms with E-state index in [9.17, 15) is 5.11 Å². The zero-order valence-electron chi connectivity index (χ0n) is 9.45. The van der Waals surface area contributed by atoms with E-state index in [4.69, 9.17) is 0 Å². The van der Waals surface area contributed by atoms with Crippen LogP contribution in [-0.4, -0.2) is 36.8 Å². The molecule has 2 atom stereocenters. The van der Waals surface area contributed by atoms with E-state index >= 15 is 0 Å². The predicted molar refractivity (Wildman–Crippen MR) is 62.7 cm³/mol. The van der Waals surface area contributed by atoms with E-state index in [1.165, 1.54) is 6.33 Å². The van der Waals surface area contributed by atoms with Crippen LogP contribution >= 0.6 is 0 Å². The molecule has 3 rings (SSSR count). The quantitative estimate of drug-likeness (QED) is 0.804. The summed E-state index contributed by atoms with van der Waals surface area (Å²) >= 11 is 0. The SMILES string of the molecule is O[C@H]1CCCC[C@H]1Nc1cncc2ncnn12. The predicted octanol–water partition coefficient (Wildman–Crippen LogP) is 0.840. The molecule has 0 bridgehead atoms. The summed E-state index contributed by atoms with van der Waals surface area (Å²) in [5.74, 6) is 0.783. The van der Waals surface area contributed by atoms with Gasteiger partial charge in [-0.3, -0.25) is 4.98 Å². The summed E-state index contributed by atoms with van der Waals surface area (Å²) < 4.78 is 1.70. The number of hydrogen-bond donors (Lipinski definition) is 2. The first-order valence-corrected chi connectivity index (χ1v) is 5.93. The van der Waals surface area contributed by atoms with Gasteiger partial charge in [-0.2, -0.15) is 9.61 Å². The number of nitrogens with one attached hydrogen (secondary N) is 1. The van der Waals surface area contributed by atoms with Crippen LogP contribution in [-0.2, 0) is 0 Å². The molecule has 1 aliphatic rings. The van der Waals surface area contributed by atoms with Gasteiger partial charge in [0.15, 0.2) is 5.65 Å². The maximum Gasteiger partial charge on any atom is 0.175 e. The van der Waals surface area contributed by atoms with E-state index in [-0.39, 0.29) is 12.1 Å². The van der Waals surface area contributed by atoms with Crippen molar-refractivity contribution in [3.05, 3.63) is 18.7 Å². The molecule has 0 amide bonds. The zero-order chi connectivity index (χ0) is 11.7. The summed E-state index contributed by atoms with van der Waals surface area (Å²) in [6.07, 6.45) is 8.67. The van der Waals surface area contributed by atoms with Crippen LogP contribution in [0.5, 0.6) is 0 Å². The highest BCUT2D eigenvalue weighted by molar-refractivity contribution is 5.45. The number of fused-ring (bicyclic) bond motifs is 1. The third-order valence-corrected chi connectivity index (χ3v) is 3.25. The van der Waals surface area contributed by atoms with Crippen LogP contribution in [0.3, 0.4) is 0 Å². The van der Waals surface area contributed by atoms with Gasteiger partial charge in [-0.05, 0) is 12.8 Å². The Balaban J connectivity index is 1.86. The summed E-state index contributed by atoms with van der Waals surface area (Å²) in [7, 11) is 0. The van der Waals surface area contributed by atoms with Crippen LogP contribution < -0.4 is 5.32 Å². The molecule has 0 aliphatic heterocycles. The van der Waals surface area contributed by atoms with Crippen LogP contribution in [0.4, 0.5) is 5.82 Å². The van der Waals surface area contributed by atoms with E-state index in [1.807, 2.05) is 0 Å². The minimum absolute atomic E-state index is 0.0837. The number of rotatable bonds is 2. The first-order chi connectivity index (χ1) is 8.34. The molecular formula is C11H15N5O. The second-order valence-corrected chi connectivity index (χ2v) is 4.43. The molecular weight excluding hydrogens is 218 g/mol. The molecule has 0 unspecified atom stereocenters. The minimum atomic E-state index is -0.289. The van der Waals surface area contributed by atoms with Crippen molar-refractivity contribution < 1.29 is 5.11 Å². The van der Waals surface area contributed by atoms with Gasteiger partial charge < -0.3 is 10.4 Å². The van der Waals surface area contributed by atoms with Gasteiger partial charge >= 0.3 is 0 Å². The molecule has 0 aromatic carbocycles. The number of hydrogen-bond acceptors (Lipinski definition) is 5. The second-order valence-electron chi connectivity index (χ2n) is 4.43. The van der Waals surface area contributed by atoms with Crippen molar-refractivity contribution in [3.63, 3.8) is 0 Å². The Labute approximate surface area is 98.7 Å². The lowest BCUT2D eigenvalue weighted by molar-refractivity contribution is 0.116. The molecule has 2 aromatic heterocycles. The minimum Gasteiger partial charge on any atom is -0.391 e. The monoisotopic (exact) mass is 233 g/mol. The molecule has 0 radical (unpaired) electrons. The topological polar surface area (TPSA) is 75.3 Å². The molecule has 1 fully saturated rings. The zero-order valence-corrected chi connectivity index (χ0v) is 9.45. The fraction of sp³-hybridized carbons (Fsp3) is 0.545. The van der Waals surface area contributed by atoms with Crippen molar-refractivity contribution >= 4 is 11.5 Å². The summed E-state index contributed by atoms with van der Waals surface area (Å²) in [4.78, 5) is 8.19. The number of anilines is 1. The Morgan fingerprint density at radius 3 is 3.06 bits per heavy atom. The Hall–Kier alpha value is -1.69. The van der Waals surface area contributed by atoms with Gasteiger partial charge in [0.05, 0.1) is 24.5 Å². The first kappa shape index (κ1) is 10.5. The van der Waals surface area contributed by atoms with Crippen LogP contribution in [0.25, 0.3) is 5.65 Å². The normalized spacial score (nSPS) is 25.0. The Morgan fingerprint density at radius 1 is 1.29 bits per heavy atom. The van der Waals surface area contributed by atoms with Gasteiger partial charge in [-0.1, -0.05) is 12.8 Å². The van der Waals surface area contributed by atoms with Crippen molar-refractivity contribution in [2.24, 2.45) is 0 Å². The Bertz CT molecular complexity index is 511. The van der Waals surface area contributed by atoms with Crippen molar-refractivity contribution in [2.45, 2.75) is 37.8 Å². The molecule has 1 aliphatic carbocycles. The van der Waals surface area contributed by atoms with Gasteiger partial charge in [-0.25, -0.2) is 4.98 Å². The molecule has 0 saturated heterocycles. The summed E-state index contributed by atoms with van der Waals surface area (Å²) in [5.41, 5.74) is 0.709. The number of aliphatic hydroxyl groups is 1. The Kier molecular flexibility index (Phi) is 2.64. The summed E-state index contributed by atoms with van der Waals surface area (Å²) in [6, 6.07) is 0.0837. The van der Waals surface area contributed by atoms with Crippen LogP contribution in [0.15, 0.2) is 18.7 Å². The highest BCUT2D eigenvalue weighted by Crippen LogP contribution is 2.21. The average molecular weight is 233 g/mol. The maximum absolute atomic E-state index is 9.92. The van der Waals surface area contributed by atoms with Gasteiger partial charge in [0.2, 0.25) is 0 Å². The van der Waals surface area contributed by atoms with Crippen molar-refractivity contribution in [2.75, 3.05) is 5.32 Å². The highest BCUT2D eigenvalue weighted by atomic mass is 16.3. The van der Waals surface area contributed by atoms with Gasteiger partial charge in [-0.15, -0.1) is 0 Å². The third-order valence-electron chi connectivity index (χ3n) is 3.25. The number of aliphatic hydroxyl groups excluding tert-OH is 1. The highest BCUT2D eigenvalue weighted by Gasteiger charge is 2.23. The molecule has 6 nitrogen and oxygen atoms in total. The average Bonchev–Trinajstić information content (AvgIpc) is 2.81. The molecule has 0 spiro atoms. The molecule has 17 heavy (non-hydrogen) atoms. The van der Waals surface area contributed by atoms with E-state index in [1.54, 1.807) is 16.9 Å². The van der Waals surface area contributed by atoms with Gasteiger partial charge in [0.25, 0.3) is 0 Å². The summed E-state index contributed by atoms with van der Waals surface area (Å²) in [6.45, 7) is 0. The van der Waals surface area contributed by atoms with Crippen molar-refractivity contribution in [1.82, 2.24) is 19.6 Å². The smallest absolute Gasteiger partial charge is 0.175 e. The lowest BCUT2D eigenvalue weighted by Crippen LogP contribution is -2.36. The second kappa shape index (κ2) is 4.29. The molecule has 2 heterocycles. The lowest BCUT2D eigenvalue weighted by Gasteiger charge is -2.28. The van der Waals surface area contributed by atoms with Crippen molar-refractivity contribution in [1.29, 1.82) is 0 Å². The molecule has 1 saturated carbocycles. The fourth-order valence-electron chi connectivity index (χ4n) is 2.32. The molecule has 6 heteroatoms. The molecule has 2 N–H and O–H groups in total. The van der Waals surface area contributed by atoms with E-state index in [0.717, 1.165) is 31.5 Å². The van der Waals surface area contributed by atoms with Crippen LogP contribution in [0.2, 0.25) is 0 Å². The van der Waals surface area contributed by atoms with Gasteiger partial charge in [0, 0.05) is 0 Å². The maximum atomic E-state index is 9.92. The lowest BCUT2D eigenvalue weighted by atomic mass is 9.93. The van der Waals surface area contributed by atoms with E-state index < -0.39 is 0 Å². The largest absolute Gasteiger partial charge is 0.391 e. The third kappa shape index (κ3) is 1.95. The van der Waals surface area contributed by atoms with E-state index in [2.05, 4.69) is 20.4 Å². The van der Waals surface area contributed by atoms with Crippen LogP contribution in [0.1, 0.15) is 25.7 Å². The molecule has 90 valence electrons. The van der Waals surface area contributed by atoms with Crippen LogP contribution in [0, 0.1) is 0 Å². The van der Waals surface area contributed by atoms with Crippen molar-refractivity contribution in [3.8, 4) is 0 Å². The molecule has 2 aromatic rings. The number of aromatic nitrogens is 4. The fourth-order valence-corrected chi connectivity index (χ4v) is 2.32. The van der Waals surface area contributed by atoms with Gasteiger partial charge in [0.1, 0.15) is 12.1 Å². The first-order valence-electron chi connectivity index (χ1n) is 5.93. The number of nitrogens with zero attached hydrogens (tertiary/aromatic N) is 4.